The summed E-state index contributed by atoms with van der Waals surface area (Å²) in [6, 6.07) is 2.72. The van der Waals surface area contributed by atoms with Crippen LogP contribution in [0.4, 0.5) is 11.4 Å². The Morgan fingerprint density at radius 2 is 2.13 bits per heavy atom. The molecular weight excluding hydrogens is 200 g/mol. The number of methoxy groups -OCH3 is 1. The molecule has 6 heteroatoms. The van der Waals surface area contributed by atoms with E-state index >= 15 is 0 Å². The van der Waals surface area contributed by atoms with E-state index in [4.69, 9.17) is 5.73 Å². The number of anilines is 1. The summed E-state index contributed by atoms with van der Waals surface area (Å²) in [4.78, 5) is 21.2. The molecule has 0 amide bonds. The average molecular weight is 210 g/mol. The Kier molecular flexibility index (Phi) is 2.89. The number of nitro groups is 1. The number of rotatable bonds is 2. The van der Waals surface area contributed by atoms with E-state index in [-0.39, 0.29) is 16.9 Å². The maximum Gasteiger partial charge on any atom is 0.340 e. The largest absolute Gasteiger partial charge is 0.465 e. The summed E-state index contributed by atoms with van der Waals surface area (Å²) in [6.45, 7) is 1.63. The van der Waals surface area contributed by atoms with Gasteiger partial charge in [-0.3, -0.25) is 10.1 Å². The van der Waals surface area contributed by atoms with Gasteiger partial charge in [0.2, 0.25) is 0 Å². The van der Waals surface area contributed by atoms with Gasteiger partial charge in [0.1, 0.15) is 5.69 Å². The quantitative estimate of drug-likeness (QED) is 0.343. The molecule has 0 saturated carbocycles. The van der Waals surface area contributed by atoms with Gasteiger partial charge in [0.25, 0.3) is 5.69 Å². The Hall–Kier alpha value is -2.11. The van der Waals surface area contributed by atoms with E-state index in [0.29, 0.717) is 5.56 Å². The van der Waals surface area contributed by atoms with Crippen molar-refractivity contribution in [3.05, 3.63) is 33.4 Å². The highest BCUT2D eigenvalue weighted by Gasteiger charge is 2.21. The Bertz CT molecular complexity index is 428. The molecule has 0 radical (unpaired) electrons. The van der Waals surface area contributed by atoms with Crippen molar-refractivity contribution in [1.29, 1.82) is 0 Å². The number of aryl methyl sites for hydroxylation is 1. The SMILES string of the molecule is COC(=O)c1c(C)ccc([N+](=O)[O-])c1N. The van der Waals surface area contributed by atoms with Crippen molar-refractivity contribution in [3.63, 3.8) is 0 Å². The zero-order chi connectivity index (χ0) is 11.6. The molecule has 0 heterocycles. The maximum atomic E-state index is 11.3. The number of hydrogen-bond donors (Lipinski definition) is 1. The number of hydrogen-bond acceptors (Lipinski definition) is 5. The molecule has 0 aliphatic rings. The maximum absolute atomic E-state index is 11.3. The second-order valence-corrected chi connectivity index (χ2v) is 2.94. The van der Waals surface area contributed by atoms with Crippen molar-refractivity contribution < 1.29 is 14.5 Å². The smallest absolute Gasteiger partial charge is 0.340 e. The standard InChI is InChI=1S/C9H10N2O4/c1-5-3-4-6(11(13)14)8(10)7(5)9(12)15-2/h3-4H,10H2,1-2H3. The molecule has 2 N–H and O–H groups in total. The van der Waals surface area contributed by atoms with Crippen LogP contribution in [0.15, 0.2) is 12.1 Å². The fourth-order valence-electron chi connectivity index (χ4n) is 1.25. The molecule has 0 unspecified atom stereocenters. The van der Waals surface area contributed by atoms with Crippen LogP contribution in [-0.4, -0.2) is 18.0 Å². The molecule has 80 valence electrons. The first kappa shape index (κ1) is 11.0. The van der Waals surface area contributed by atoms with Crippen LogP contribution in [0.5, 0.6) is 0 Å². The summed E-state index contributed by atoms with van der Waals surface area (Å²) in [7, 11) is 1.19. The van der Waals surface area contributed by atoms with Gasteiger partial charge in [-0.2, -0.15) is 0 Å². The first-order chi connectivity index (χ1) is 6.99. The number of esters is 1. The van der Waals surface area contributed by atoms with Gasteiger partial charge in [-0.15, -0.1) is 0 Å². The van der Waals surface area contributed by atoms with Crippen LogP contribution in [0.3, 0.4) is 0 Å². The molecule has 1 rings (SSSR count). The minimum absolute atomic E-state index is 0.0479. The van der Waals surface area contributed by atoms with Crippen LogP contribution in [0, 0.1) is 17.0 Å². The fraction of sp³-hybridized carbons (Fsp3) is 0.222. The molecule has 0 aliphatic carbocycles. The third-order valence-electron chi connectivity index (χ3n) is 2.02. The highest BCUT2D eigenvalue weighted by atomic mass is 16.6. The topological polar surface area (TPSA) is 95.5 Å². The van der Waals surface area contributed by atoms with Gasteiger partial charge < -0.3 is 10.5 Å². The van der Waals surface area contributed by atoms with Crippen LogP contribution in [0.1, 0.15) is 15.9 Å². The number of nitrogens with zero attached hydrogens (tertiary/aromatic N) is 1. The number of carbonyl (C=O) groups is 1. The lowest BCUT2D eigenvalue weighted by Crippen LogP contribution is -2.09. The third kappa shape index (κ3) is 1.88. The molecule has 1 aromatic carbocycles. The second-order valence-electron chi connectivity index (χ2n) is 2.94. The predicted octanol–water partition coefficient (Wildman–Crippen LogP) is 1.27. The molecule has 1 aromatic rings. The van der Waals surface area contributed by atoms with E-state index in [1.165, 1.54) is 19.2 Å². The molecule has 0 atom stereocenters. The number of benzene rings is 1. The zero-order valence-electron chi connectivity index (χ0n) is 8.31. The molecule has 0 saturated heterocycles. The lowest BCUT2D eigenvalue weighted by molar-refractivity contribution is -0.383. The lowest BCUT2D eigenvalue weighted by atomic mass is 10.1. The van der Waals surface area contributed by atoms with E-state index in [2.05, 4.69) is 4.74 Å². The number of nitrogens with two attached hydrogens (primary N) is 1. The van der Waals surface area contributed by atoms with Crippen molar-refractivity contribution in [2.24, 2.45) is 0 Å². The number of carbonyl (C=O) groups excluding carboxylic acids is 1. The molecule has 0 aromatic heterocycles. The minimum atomic E-state index is -0.673. The van der Waals surface area contributed by atoms with Crippen molar-refractivity contribution in [3.8, 4) is 0 Å². The Balaban J connectivity index is 3.43. The zero-order valence-corrected chi connectivity index (χ0v) is 8.31. The van der Waals surface area contributed by atoms with E-state index in [1.807, 2.05) is 0 Å². The molecule has 0 bridgehead atoms. The molecule has 6 nitrogen and oxygen atoms in total. The fourth-order valence-corrected chi connectivity index (χ4v) is 1.25. The number of nitro benzene ring substituents is 1. The van der Waals surface area contributed by atoms with Gasteiger partial charge in [0.05, 0.1) is 17.6 Å². The lowest BCUT2D eigenvalue weighted by Gasteiger charge is -2.07. The first-order valence-corrected chi connectivity index (χ1v) is 4.10. The van der Waals surface area contributed by atoms with Crippen LogP contribution >= 0.6 is 0 Å². The highest BCUT2D eigenvalue weighted by molar-refractivity contribution is 5.98. The Morgan fingerprint density at radius 1 is 1.53 bits per heavy atom. The van der Waals surface area contributed by atoms with Crippen molar-refractivity contribution in [2.75, 3.05) is 12.8 Å². The van der Waals surface area contributed by atoms with Crippen molar-refractivity contribution in [1.82, 2.24) is 0 Å². The van der Waals surface area contributed by atoms with Crippen LogP contribution < -0.4 is 5.73 Å². The van der Waals surface area contributed by atoms with Crippen LogP contribution in [-0.2, 0) is 4.74 Å². The second kappa shape index (κ2) is 3.95. The highest BCUT2D eigenvalue weighted by Crippen LogP contribution is 2.28. The summed E-state index contributed by atoms with van der Waals surface area (Å²) in [5.41, 5.74) is 5.66. The van der Waals surface area contributed by atoms with Crippen LogP contribution in [0.2, 0.25) is 0 Å². The normalized spacial score (nSPS) is 9.73. The average Bonchev–Trinajstić information content (AvgIpc) is 2.16. The molecular formula is C9H10N2O4. The first-order valence-electron chi connectivity index (χ1n) is 4.10. The summed E-state index contributed by atoms with van der Waals surface area (Å²) >= 11 is 0. The van der Waals surface area contributed by atoms with E-state index in [0.717, 1.165) is 0 Å². The van der Waals surface area contributed by atoms with Gasteiger partial charge in [-0.1, -0.05) is 6.07 Å². The molecule has 15 heavy (non-hydrogen) atoms. The van der Waals surface area contributed by atoms with Gasteiger partial charge in [-0.25, -0.2) is 4.79 Å². The van der Waals surface area contributed by atoms with E-state index in [1.54, 1.807) is 6.92 Å². The third-order valence-corrected chi connectivity index (χ3v) is 2.02. The van der Waals surface area contributed by atoms with Gasteiger partial charge in [0, 0.05) is 6.07 Å². The van der Waals surface area contributed by atoms with Crippen LogP contribution in [0.25, 0.3) is 0 Å². The van der Waals surface area contributed by atoms with Crippen molar-refractivity contribution >= 4 is 17.3 Å². The monoisotopic (exact) mass is 210 g/mol. The Labute approximate surface area is 85.8 Å². The van der Waals surface area contributed by atoms with E-state index in [9.17, 15) is 14.9 Å². The molecule has 0 spiro atoms. The molecule has 0 fully saturated rings. The summed E-state index contributed by atoms with van der Waals surface area (Å²) in [6.07, 6.45) is 0. The number of nitrogen functional groups attached to an aromatic ring is 1. The summed E-state index contributed by atoms with van der Waals surface area (Å²) in [5, 5.41) is 10.6. The summed E-state index contributed by atoms with van der Waals surface area (Å²) < 4.78 is 4.49. The summed E-state index contributed by atoms with van der Waals surface area (Å²) in [5.74, 6) is -0.673. The van der Waals surface area contributed by atoms with Crippen molar-refractivity contribution in [2.45, 2.75) is 6.92 Å². The molecule has 0 aliphatic heterocycles. The van der Waals surface area contributed by atoms with Gasteiger partial charge in [-0.05, 0) is 12.5 Å². The Morgan fingerprint density at radius 3 is 2.60 bits per heavy atom. The van der Waals surface area contributed by atoms with Gasteiger partial charge in [0.15, 0.2) is 0 Å². The van der Waals surface area contributed by atoms with E-state index < -0.39 is 10.9 Å². The van der Waals surface area contributed by atoms with Gasteiger partial charge >= 0.3 is 5.97 Å². The number of ether oxygens (including phenoxy) is 1. The predicted molar refractivity (Wildman–Crippen MR) is 53.6 cm³/mol. The minimum Gasteiger partial charge on any atom is -0.465 e.